The summed E-state index contributed by atoms with van der Waals surface area (Å²) in [7, 11) is -4.14. The number of rotatable bonds is 7. The van der Waals surface area contributed by atoms with Gasteiger partial charge in [0.15, 0.2) is 0 Å². The number of carbonyl (C=O) groups is 2. The molecule has 1 fully saturated rings. The van der Waals surface area contributed by atoms with Crippen LogP contribution in [-0.2, 0) is 14.8 Å². The number of aryl methyl sites for hydroxylation is 1. The van der Waals surface area contributed by atoms with Crippen molar-refractivity contribution in [1.29, 1.82) is 0 Å². The molecule has 0 spiro atoms. The van der Waals surface area contributed by atoms with Crippen molar-refractivity contribution < 1.29 is 22.4 Å². The van der Waals surface area contributed by atoms with Crippen molar-refractivity contribution in [1.82, 2.24) is 4.90 Å². The maximum Gasteiger partial charge on any atom is 0.264 e. The lowest BCUT2D eigenvalue weighted by atomic mass is 10.1. The molecule has 0 atom stereocenters. The van der Waals surface area contributed by atoms with Crippen molar-refractivity contribution >= 4 is 33.2 Å². The predicted molar refractivity (Wildman–Crippen MR) is 132 cm³/mol. The Morgan fingerprint density at radius 2 is 1.57 bits per heavy atom. The van der Waals surface area contributed by atoms with Gasteiger partial charge in [-0.1, -0.05) is 29.8 Å². The average molecular weight is 496 g/mol. The maximum atomic E-state index is 13.5. The van der Waals surface area contributed by atoms with Crippen LogP contribution >= 0.6 is 0 Å². The third-order valence-corrected chi connectivity index (χ3v) is 7.62. The van der Waals surface area contributed by atoms with E-state index in [0.717, 1.165) is 34.8 Å². The summed E-state index contributed by atoms with van der Waals surface area (Å²) < 4.78 is 41.4. The van der Waals surface area contributed by atoms with Gasteiger partial charge in [0, 0.05) is 13.1 Å². The highest BCUT2D eigenvalue weighted by Gasteiger charge is 2.28. The highest BCUT2D eigenvalue weighted by molar-refractivity contribution is 7.92. The Morgan fingerprint density at radius 1 is 0.943 bits per heavy atom. The number of nitrogens with one attached hydrogen (secondary N) is 1. The lowest BCUT2D eigenvalue weighted by Crippen LogP contribution is -2.38. The molecule has 2 amide bonds. The maximum absolute atomic E-state index is 13.5. The summed E-state index contributed by atoms with van der Waals surface area (Å²) in [6.07, 6.45) is 1.87. The Hall–Kier alpha value is -3.72. The second-order valence-corrected chi connectivity index (χ2v) is 10.3. The van der Waals surface area contributed by atoms with E-state index in [9.17, 15) is 22.4 Å². The fourth-order valence-electron chi connectivity index (χ4n) is 3.95. The zero-order valence-electron chi connectivity index (χ0n) is 19.3. The van der Waals surface area contributed by atoms with E-state index in [1.165, 1.54) is 24.3 Å². The quantitative estimate of drug-likeness (QED) is 0.532. The first-order chi connectivity index (χ1) is 16.8. The third-order valence-electron chi connectivity index (χ3n) is 5.84. The number of benzene rings is 3. The van der Waals surface area contributed by atoms with Crippen LogP contribution in [0.25, 0.3) is 0 Å². The molecule has 0 unspecified atom stereocenters. The Bertz CT molecular complexity index is 1320. The average Bonchev–Trinajstić information content (AvgIpc) is 3.38. The molecular formula is C26H26FN3O4S. The number of sulfonamides is 1. The van der Waals surface area contributed by atoms with Gasteiger partial charge < -0.3 is 10.2 Å². The zero-order valence-corrected chi connectivity index (χ0v) is 20.1. The molecule has 35 heavy (non-hydrogen) atoms. The van der Waals surface area contributed by atoms with Crippen LogP contribution in [0.2, 0.25) is 0 Å². The molecule has 0 aromatic heterocycles. The predicted octanol–water partition coefficient (Wildman–Crippen LogP) is 4.20. The molecule has 1 aliphatic heterocycles. The highest BCUT2D eigenvalue weighted by Crippen LogP contribution is 2.25. The molecule has 3 aromatic carbocycles. The number of hydrogen-bond donors (Lipinski definition) is 1. The van der Waals surface area contributed by atoms with E-state index in [2.05, 4.69) is 5.32 Å². The minimum atomic E-state index is -4.14. The molecule has 7 nitrogen and oxygen atoms in total. The van der Waals surface area contributed by atoms with Crippen LogP contribution in [0.3, 0.4) is 0 Å². The van der Waals surface area contributed by atoms with Crippen LogP contribution in [0, 0.1) is 12.7 Å². The summed E-state index contributed by atoms with van der Waals surface area (Å²) >= 11 is 0. The molecule has 9 heteroatoms. The van der Waals surface area contributed by atoms with Gasteiger partial charge in [-0.25, -0.2) is 12.8 Å². The molecule has 1 aliphatic rings. The Labute approximate surface area is 204 Å². The van der Waals surface area contributed by atoms with E-state index >= 15 is 0 Å². The number of nitrogens with zero attached hydrogens (tertiary/aromatic N) is 2. The molecule has 0 radical (unpaired) electrons. The minimum absolute atomic E-state index is 0.00448. The lowest BCUT2D eigenvalue weighted by Gasteiger charge is -2.24. The smallest absolute Gasteiger partial charge is 0.264 e. The monoisotopic (exact) mass is 495 g/mol. The van der Waals surface area contributed by atoms with Crippen molar-refractivity contribution in [3.8, 4) is 0 Å². The second kappa shape index (κ2) is 10.3. The second-order valence-electron chi connectivity index (χ2n) is 8.39. The Balaban J connectivity index is 1.62. The van der Waals surface area contributed by atoms with Crippen LogP contribution in [0.4, 0.5) is 15.8 Å². The normalized spacial score (nSPS) is 13.5. The molecule has 3 aromatic rings. The largest absolute Gasteiger partial charge is 0.339 e. The number of amides is 2. The van der Waals surface area contributed by atoms with Crippen LogP contribution in [-0.4, -0.2) is 44.8 Å². The SMILES string of the molecule is Cc1ccc(S(=O)(=O)N(CC(=O)Nc2ccccc2C(=O)N2CCCC2)c2ccc(F)cc2)cc1. The van der Waals surface area contributed by atoms with E-state index < -0.39 is 28.3 Å². The van der Waals surface area contributed by atoms with Gasteiger partial charge in [0.1, 0.15) is 12.4 Å². The van der Waals surface area contributed by atoms with Crippen LogP contribution in [0.5, 0.6) is 0 Å². The fourth-order valence-corrected chi connectivity index (χ4v) is 5.37. The minimum Gasteiger partial charge on any atom is -0.339 e. The summed E-state index contributed by atoms with van der Waals surface area (Å²) in [6, 6.07) is 17.8. The van der Waals surface area contributed by atoms with Gasteiger partial charge in [-0.05, 0) is 68.3 Å². The van der Waals surface area contributed by atoms with Crippen molar-refractivity contribution in [3.63, 3.8) is 0 Å². The molecule has 1 heterocycles. The summed E-state index contributed by atoms with van der Waals surface area (Å²) in [4.78, 5) is 27.7. The topological polar surface area (TPSA) is 86.8 Å². The first-order valence-electron chi connectivity index (χ1n) is 11.3. The van der Waals surface area contributed by atoms with Gasteiger partial charge >= 0.3 is 0 Å². The standard InChI is InChI=1S/C26H26FN3O4S/c1-19-8-14-22(15-9-19)35(33,34)30(21-12-10-20(27)11-13-21)18-25(31)28-24-7-3-2-6-23(24)26(32)29-16-4-5-17-29/h2-3,6-15H,4-5,16-18H2,1H3,(H,28,31). The lowest BCUT2D eigenvalue weighted by molar-refractivity contribution is -0.114. The van der Waals surface area contributed by atoms with Gasteiger partial charge in [0.25, 0.3) is 15.9 Å². The molecule has 1 N–H and O–H groups in total. The van der Waals surface area contributed by atoms with Crippen LogP contribution in [0.15, 0.2) is 77.7 Å². The number of halogens is 1. The molecular weight excluding hydrogens is 469 g/mol. The zero-order chi connectivity index (χ0) is 25.0. The molecule has 0 bridgehead atoms. The van der Waals surface area contributed by atoms with Gasteiger partial charge in [-0.3, -0.25) is 13.9 Å². The van der Waals surface area contributed by atoms with Crippen molar-refractivity contribution in [3.05, 3.63) is 89.7 Å². The third kappa shape index (κ3) is 5.51. The van der Waals surface area contributed by atoms with E-state index in [0.29, 0.717) is 24.3 Å². The van der Waals surface area contributed by atoms with Gasteiger partial charge in [-0.15, -0.1) is 0 Å². The first kappa shape index (κ1) is 24.4. The number of para-hydroxylation sites is 1. The van der Waals surface area contributed by atoms with Gasteiger partial charge in [0.2, 0.25) is 5.91 Å². The first-order valence-corrected chi connectivity index (χ1v) is 12.7. The number of hydrogen-bond acceptors (Lipinski definition) is 4. The number of carbonyl (C=O) groups excluding carboxylic acids is 2. The summed E-state index contributed by atoms with van der Waals surface area (Å²) in [6.45, 7) is 2.60. The Morgan fingerprint density at radius 3 is 2.23 bits per heavy atom. The van der Waals surface area contributed by atoms with E-state index in [-0.39, 0.29) is 16.5 Å². The Kier molecular flexibility index (Phi) is 7.16. The van der Waals surface area contributed by atoms with Crippen molar-refractivity contribution in [2.45, 2.75) is 24.7 Å². The summed E-state index contributed by atoms with van der Waals surface area (Å²) in [5, 5.41) is 2.69. The van der Waals surface area contributed by atoms with Crippen LogP contribution in [0.1, 0.15) is 28.8 Å². The van der Waals surface area contributed by atoms with E-state index in [1.807, 2.05) is 6.92 Å². The van der Waals surface area contributed by atoms with Crippen molar-refractivity contribution in [2.75, 3.05) is 29.3 Å². The van der Waals surface area contributed by atoms with Crippen LogP contribution < -0.4 is 9.62 Å². The highest BCUT2D eigenvalue weighted by atomic mass is 32.2. The molecule has 182 valence electrons. The van der Waals surface area contributed by atoms with Crippen molar-refractivity contribution in [2.24, 2.45) is 0 Å². The summed E-state index contributed by atoms with van der Waals surface area (Å²) in [5.74, 6) is -1.34. The van der Waals surface area contributed by atoms with Gasteiger partial charge in [0.05, 0.1) is 21.8 Å². The molecule has 4 rings (SSSR count). The molecule has 0 saturated carbocycles. The van der Waals surface area contributed by atoms with Gasteiger partial charge in [-0.2, -0.15) is 0 Å². The number of likely N-dealkylation sites (tertiary alicyclic amines) is 1. The number of anilines is 2. The van der Waals surface area contributed by atoms with E-state index in [4.69, 9.17) is 0 Å². The molecule has 0 aliphatic carbocycles. The molecule has 1 saturated heterocycles. The summed E-state index contributed by atoms with van der Waals surface area (Å²) in [5.41, 5.74) is 1.68. The van der Waals surface area contributed by atoms with E-state index in [1.54, 1.807) is 41.3 Å². The fraction of sp³-hybridized carbons (Fsp3) is 0.231.